The molecule has 0 bridgehead atoms. The van der Waals surface area contributed by atoms with E-state index in [2.05, 4.69) is 15.0 Å². The molecular weight excluding hydrogens is 276 g/mol. The van der Waals surface area contributed by atoms with Crippen LogP contribution in [0.5, 0.6) is 0 Å². The Hall–Kier alpha value is -1.48. The van der Waals surface area contributed by atoms with Crippen LogP contribution in [0.25, 0.3) is 11.2 Å². The number of hydrogen-bond acceptors (Lipinski definition) is 6. The maximum Gasteiger partial charge on any atom is 0.278 e. The lowest BCUT2D eigenvalue weighted by atomic mass is 10.1. The first-order valence-electron chi connectivity index (χ1n) is 5.61. The van der Waals surface area contributed by atoms with Crippen LogP contribution in [0.3, 0.4) is 0 Å². The minimum atomic E-state index is -1.16. The van der Waals surface area contributed by atoms with Crippen molar-refractivity contribution in [3.05, 3.63) is 23.0 Å². The SMILES string of the molecule is O=c1[nH]cnc2c1ncn2[C@@H]1O[C@@H](CCl)[C@@H](O)[C@@H]1O. The van der Waals surface area contributed by atoms with E-state index in [1.54, 1.807) is 0 Å². The minimum Gasteiger partial charge on any atom is -0.387 e. The molecule has 3 rings (SSSR count). The molecule has 0 amide bonds. The zero-order valence-electron chi connectivity index (χ0n) is 9.60. The van der Waals surface area contributed by atoms with Gasteiger partial charge in [-0.2, -0.15) is 0 Å². The Morgan fingerprint density at radius 1 is 1.42 bits per heavy atom. The number of H-pyrrole nitrogens is 1. The van der Waals surface area contributed by atoms with Crippen molar-refractivity contribution in [2.75, 3.05) is 5.88 Å². The molecule has 9 heteroatoms. The van der Waals surface area contributed by atoms with Crippen LogP contribution in [0.4, 0.5) is 0 Å². The predicted molar refractivity (Wildman–Crippen MR) is 64.8 cm³/mol. The van der Waals surface area contributed by atoms with E-state index in [-0.39, 0.29) is 22.6 Å². The largest absolute Gasteiger partial charge is 0.387 e. The normalized spacial score (nSPS) is 31.1. The van der Waals surface area contributed by atoms with Gasteiger partial charge in [0.2, 0.25) is 0 Å². The van der Waals surface area contributed by atoms with E-state index in [4.69, 9.17) is 16.3 Å². The Labute approximate surface area is 111 Å². The topological polar surface area (TPSA) is 113 Å². The van der Waals surface area contributed by atoms with Gasteiger partial charge in [0.15, 0.2) is 17.4 Å². The van der Waals surface area contributed by atoms with Gasteiger partial charge in [-0.15, -0.1) is 11.6 Å². The summed E-state index contributed by atoms with van der Waals surface area (Å²) < 4.78 is 6.87. The van der Waals surface area contributed by atoms with Gasteiger partial charge in [-0.3, -0.25) is 9.36 Å². The molecule has 1 aliphatic rings. The number of hydrogen-bond donors (Lipinski definition) is 3. The van der Waals surface area contributed by atoms with Crippen molar-refractivity contribution >= 4 is 22.8 Å². The lowest BCUT2D eigenvalue weighted by molar-refractivity contribution is -0.0291. The first-order valence-corrected chi connectivity index (χ1v) is 6.14. The third-order valence-electron chi connectivity index (χ3n) is 3.13. The van der Waals surface area contributed by atoms with Crippen LogP contribution in [0, 0.1) is 0 Å². The van der Waals surface area contributed by atoms with Crippen molar-refractivity contribution in [2.45, 2.75) is 24.5 Å². The number of nitrogens with zero attached hydrogens (tertiary/aromatic N) is 3. The average molecular weight is 287 g/mol. The molecule has 0 unspecified atom stereocenters. The van der Waals surface area contributed by atoms with Crippen LogP contribution >= 0.6 is 11.6 Å². The smallest absolute Gasteiger partial charge is 0.278 e. The van der Waals surface area contributed by atoms with E-state index >= 15 is 0 Å². The van der Waals surface area contributed by atoms with Gasteiger partial charge >= 0.3 is 0 Å². The van der Waals surface area contributed by atoms with Gasteiger partial charge in [0.1, 0.15) is 18.3 Å². The number of rotatable bonds is 2. The van der Waals surface area contributed by atoms with Crippen molar-refractivity contribution in [2.24, 2.45) is 0 Å². The number of nitrogens with one attached hydrogen (secondary N) is 1. The molecule has 0 radical (unpaired) electrons. The summed E-state index contributed by atoms with van der Waals surface area (Å²) in [5.74, 6) is 0.0510. The summed E-state index contributed by atoms with van der Waals surface area (Å²) in [4.78, 5) is 21.9. The molecule has 1 aliphatic heterocycles. The molecule has 0 aliphatic carbocycles. The Morgan fingerprint density at radius 3 is 2.89 bits per heavy atom. The summed E-state index contributed by atoms with van der Waals surface area (Å²) in [5.41, 5.74) is 0.0306. The number of aliphatic hydroxyl groups excluding tert-OH is 2. The molecule has 3 heterocycles. The third kappa shape index (κ3) is 1.84. The lowest BCUT2D eigenvalue weighted by Crippen LogP contribution is -2.32. The monoisotopic (exact) mass is 286 g/mol. The fourth-order valence-corrected chi connectivity index (χ4v) is 2.39. The minimum absolute atomic E-state index is 0.0510. The highest BCUT2D eigenvalue weighted by Gasteiger charge is 2.43. The zero-order chi connectivity index (χ0) is 13.6. The number of halogens is 1. The summed E-state index contributed by atoms with van der Waals surface area (Å²) >= 11 is 5.65. The molecule has 8 nitrogen and oxygen atoms in total. The second-order valence-corrected chi connectivity index (χ2v) is 4.56. The van der Waals surface area contributed by atoms with Crippen molar-refractivity contribution < 1.29 is 14.9 Å². The Morgan fingerprint density at radius 2 is 2.21 bits per heavy atom. The van der Waals surface area contributed by atoms with Gasteiger partial charge in [0, 0.05) is 0 Å². The number of ether oxygens (including phenoxy) is 1. The second-order valence-electron chi connectivity index (χ2n) is 4.26. The summed E-state index contributed by atoms with van der Waals surface area (Å²) in [5, 5.41) is 19.7. The maximum absolute atomic E-state index is 11.5. The van der Waals surface area contributed by atoms with Crippen LogP contribution in [-0.2, 0) is 4.74 Å². The second kappa shape index (κ2) is 4.57. The molecule has 0 aromatic carbocycles. The zero-order valence-corrected chi connectivity index (χ0v) is 10.4. The molecule has 1 fully saturated rings. The molecule has 102 valence electrons. The van der Waals surface area contributed by atoms with Gasteiger partial charge in [-0.25, -0.2) is 9.97 Å². The van der Waals surface area contributed by atoms with E-state index in [0.717, 1.165) is 0 Å². The molecule has 3 N–H and O–H groups in total. The predicted octanol–water partition coefficient (Wildman–Crippen LogP) is -1.02. The van der Waals surface area contributed by atoms with Crippen LogP contribution in [0.2, 0.25) is 0 Å². The molecular formula is C10H11ClN4O4. The van der Waals surface area contributed by atoms with Crippen LogP contribution in [0.15, 0.2) is 17.4 Å². The van der Waals surface area contributed by atoms with Gasteiger partial charge in [-0.05, 0) is 0 Å². The molecule has 19 heavy (non-hydrogen) atoms. The number of alkyl halides is 1. The van der Waals surface area contributed by atoms with Gasteiger partial charge < -0.3 is 19.9 Å². The van der Waals surface area contributed by atoms with Crippen molar-refractivity contribution in [3.8, 4) is 0 Å². The van der Waals surface area contributed by atoms with E-state index in [0.29, 0.717) is 0 Å². The summed E-state index contributed by atoms with van der Waals surface area (Å²) in [7, 11) is 0. The number of aliphatic hydroxyl groups is 2. The van der Waals surface area contributed by atoms with E-state index in [9.17, 15) is 15.0 Å². The van der Waals surface area contributed by atoms with Crippen molar-refractivity contribution in [3.63, 3.8) is 0 Å². The first kappa shape index (κ1) is 12.5. The standard InChI is InChI=1S/C10H11ClN4O4/c11-1-4-6(16)7(17)10(19-4)15-3-14-5-8(15)12-2-13-9(5)18/h2-4,6-7,10,16-17H,1H2,(H,12,13,18)/t4-,6+,7-,10+/m0/s1. The highest BCUT2D eigenvalue weighted by molar-refractivity contribution is 6.18. The van der Waals surface area contributed by atoms with Crippen LogP contribution < -0.4 is 5.56 Å². The molecule has 0 saturated carbocycles. The van der Waals surface area contributed by atoms with E-state index in [1.807, 2.05) is 0 Å². The van der Waals surface area contributed by atoms with Crippen molar-refractivity contribution in [1.29, 1.82) is 0 Å². The highest BCUT2D eigenvalue weighted by Crippen LogP contribution is 2.31. The molecule has 4 atom stereocenters. The highest BCUT2D eigenvalue weighted by atomic mass is 35.5. The number of aromatic amines is 1. The number of fused-ring (bicyclic) bond motifs is 1. The maximum atomic E-state index is 11.5. The summed E-state index contributed by atoms with van der Waals surface area (Å²) in [6.07, 6.45) is -1.24. The third-order valence-corrected chi connectivity index (χ3v) is 3.43. The van der Waals surface area contributed by atoms with Gasteiger partial charge in [0.05, 0.1) is 18.5 Å². The number of aromatic nitrogens is 4. The van der Waals surface area contributed by atoms with Gasteiger partial charge in [-0.1, -0.05) is 0 Å². The fraction of sp³-hybridized carbons (Fsp3) is 0.500. The Kier molecular flexibility index (Phi) is 3.02. The van der Waals surface area contributed by atoms with E-state index < -0.39 is 24.5 Å². The van der Waals surface area contributed by atoms with Crippen molar-refractivity contribution in [1.82, 2.24) is 19.5 Å². The lowest BCUT2D eigenvalue weighted by Gasteiger charge is -2.16. The first-order chi connectivity index (χ1) is 9.13. The Balaban J connectivity index is 2.06. The molecule has 2 aromatic heterocycles. The van der Waals surface area contributed by atoms with Crippen LogP contribution in [-0.4, -0.2) is 53.9 Å². The Bertz CT molecular complexity index is 656. The van der Waals surface area contributed by atoms with Gasteiger partial charge in [0.25, 0.3) is 5.56 Å². The summed E-state index contributed by atoms with van der Waals surface area (Å²) in [6.45, 7) is 0. The number of imidazole rings is 1. The average Bonchev–Trinajstić information content (AvgIpc) is 2.94. The fourth-order valence-electron chi connectivity index (χ4n) is 2.14. The molecule has 1 saturated heterocycles. The van der Waals surface area contributed by atoms with Crippen LogP contribution in [0.1, 0.15) is 6.23 Å². The molecule has 0 spiro atoms. The van der Waals surface area contributed by atoms with E-state index in [1.165, 1.54) is 17.2 Å². The quantitative estimate of drug-likeness (QED) is 0.609. The molecule has 2 aromatic rings. The summed E-state index contributed by atoms with van der Waals surface area (Å²) in [6, 6.07) is 0.